The van der Waals surface area contributed by atoms with Crippen LogP contribution in [0, 0.1) is 22.7 Å². The van der Waals surface area contributed by atoms with Crippen LogP contribution in [0.25, 0.3) is 0 Å². The molecule has 1 amide bonds. The molecule has 0 aliphatic heterocycles. The molecule has 5 nitrogen and oxygen atoms in total. The first kappa shape index (κ1) is 14.3. The molecule has 1 aromatic rings. The zero-order valence-electron chi connectivity index (χ0n) is 10.8. The van der Waals surface area contributed by atoms with Crippen LogP contribution in [0.15, 0.2) is 36.0 Å². The Morgan fingerprint density at radius 3 is 2.63 bits per heavy atom. The van der Waals surface area contributed by atoms with Crippen molar-refractivity contribution in [3.8, 4) is 12.1 Å². The van der Waals surface area contributed by atoms with Gasteiger partial charge in [-0.3, -0.25) is 4.79 Å². The quantitative estimate of drug-likeness (QED) is 0.806. The van der Waals surface area contributed by atoms with Gasteiger partial charge in [-0.25, -0.2) is 0 Å². The molecule has 0 aliphatic carbocycles. The van der Waals surface area contributed by atoms with Crippen molar-refractivity contribution in [1.29, 1.82) is 10.5 Å². The van der Waals surface area contributed by atoms with Gasteiger partial charge in [-0.15, -0.1) is 0 Å². The topological polar surface area (TPSA) is 88.7 Å². The first-order valence-electron chi connectivity index (χ1n) is 5.70. The van der Waals surface area contributed by atoms with Crippen LogP contribution in [0.5, 0.6) is 0 Å². The van der Waals surface area contributed by atoms with Crippen molar-refractivity contribution < 1.29 is 4.79 Å². The molecule has 19 heavy (non-hydrogen) atoms. The van der Waals surface area contributed by atoms with Gasteiger partial charge in [0.05, 0.1) is 6.04 Å². The molecule has 0 saturated carbocycles. The largest absolute Gasteiger partial charge is 0.360 e. The Kier molecular flexibility index (Phi) is 5.13. The van der Waals surface area contributed by atoms with E-state index in [-0.39, 0.29) is 17.5 Å². The molecule has 1 unspecified atom stereocenters. The molecular formula is C14H14N4O. The number of hydrogen-bond donors (Lipinski definition) is 2. The molecule has 0 radical (unpaired) electrons. The third kappa shape index (κ3) is 4.53. The van der Waals surface area contributed by atoms with Gasteiger partial charge in [0, 0.05) is 18.8 Å². The lowest BCUT2D eigenvalue weighted by molar-refractivity contribution is -0.119. The highest BCUT2D eigenvalue weighted by Crippen LogP contribution is 2.17. The SMILES string of the molecule is CC(=O)NC(C)c1cccc(NC=C(C#N)C#N)c1. The van der Waals surface area contributed by atoms with Crippen LogP contribution in [0.4, 0.5) is 5.69 Å². The highest BCUT2D eigenvalue weighted by atomic mass is 16.1. The number of allylic oxidation sites excluding steroid dienone is 1. The van der Waals surface area contributed by atoms with Crippen molar-refractivity contribution >= 4 is 11.6 Å². The highest BCUT2D eigenvalue weighted by Gasteiger charge is 2.06. The van der Waals surface area contributed by atoms with Crippen molar-refractivity contribution in [3.63, 3.8) is 0 Å². The predicted octanol–water partition coefficient (Wildman–Crippen LogP) is 2.23. The summed E-state index contributed by atoms with van der Waals surface area (Å²) in [7, 11) is 0. The fourth-order valence-corrected chi connectivity index (χ4v) is 1.53. The number of nitriles is 2. The molecule has 2 N–H and O–H groups in total. The second-order valence-electron chi connectivity index (χ2n) is 3.97. The zero-order valence-corrected chi connectivity index (χ0v) is 10.8. The lowest BCUT2D eigenvalue weighted by Gasteiger charge is -2.13. The molecule has 96 valence electrons. The second-order valence-corrected chi connectivity index (χ2v) is 3.97. The van der Waals surface area contributed by atoms with Gasteiger partial charge in [-0.2, -0.15) is 10.5 Å². The monoisotopic (exact) mass is 254 g/mol. The van der Waals surface area contributed by atoms with Gasteiger partial charge >= 0.3 is 0 Å². The minimum atomic E-state index is -0.102. The number of rotatable bonds is 4. The van der Waals surface area contributed by atoms with Gasteiger partial charge in [-0.1, -0.05) is 12.1 Å². The molecule has 0 aliphatic rings. The van der Waals surface area contributed by atoms with Crippen molar-refractivity contribution in [2.45, 2.75) is 19.9 Å². The van der Waals surface area contributed by atoms with Gasteiger partial charge in [0.15, 0.2) is 0 Å². The summed E-state index contributed by atoms with van der Waals surface area (Å²) in [4.78, 5) is 11.0. The highest BCUT2D eigenvalue weighted by molar-refractivity contribution is 5.73. The molecule has 0 aromatic heterocycles. The minimum absolute atomic E-state index is 0.000289. The van der Waals surface area contributed by atoms with E-state index in [1.165, 1.54) is 13.1 Å². The molecule has 0 bridgehead atoms. The summed E-state index contributed by atoms with van der Waals surface area (Å²) in [5, 5.41) is 22.9. The number of carbonyl (C=O) groups excluding carboxylic acids is 1. The molecule has 0 heterocycles. The van der Waals surface area contributed by atoms with Crippen LogP contribution in [-0.2, 0) is 4.79 Å². The Morgan fingerprint density at radius 2 is 2.05 bits per heavy atom. The first-order chi connectivity index (χ1) is 9.06. The Hall–Kier alpha value is -2.79. The van der Waals surface area contributed by atoms with Crippen LogP contribution in [0.2, 0.25) is 0 Å². The van der Waals surface area contributed by atoms with Crippen LogP contribution < -0.4 is 10.6 Å². The van der Waals surface area contributed by atoms with Crippen LogP contribution in [0.3, 0.4) is 0 Å². The maximum atomic E-state index is 11.0. The molecular weight excluding hydrogens is 240 g/mol. The molecule has 0 fully saturated rings. The maximum absolute atomic E-state index is 11.0. The molecule has 1 rings (SSSR count). The zero-order chi connectivity index (χ0) is 14.3. The summed E-state index contributed by atoms with van der Waals surface area (Å²) in [6, 6.07) is 10.8. The van der Waals surface area contributed by atoms with Crippen LogP contribution in [0.1, 0.15) is 25.5 Å². The summed E-state index contributed by atoms with van der Waals surface area (Å²) in [6.45, 7) is 3.35. The van der Waals surface area contributed by atoms with E-state index in [0.29, 0.717) is 0 Å². The lowest BCUT2D eigenvalue weighted by atomic mass is 10.1. The Morgan fingerprint density at radius 1 is 1.37 bits per heavy atom. The summed E-state index contributed by atoms with van der Waals surface area (Å²) < 4.78 is 0. The van der Waals surface area contributed by atoms with E-state index in [4.69, 9.17) is 10.5 Å². The van der Waals surface area contributed by atoms with E-state index in [0.717, 1.165) is 11.3 Å². The summed E-state index contributed by atoms with van der Waals surface area (Å²) in [6.07, 6.45) is 1.35. The molecule has 1 atom stereocenters. The summed E-state index contributed by atoms with van der Waals surface area (Å²) in [5.41, 5.74) is 1.68. The van der Waals surface area contributed by atoms with Gasteiger partial charge in [0.2, 0.25) is 5.91 Å². The van der Waals surface area contributed by atoms with Crippen molar-refractivity contribution in [2.24, 2.45) is 0 Å². The van der Waals surface area contributed by atoms with Gasteiger partial charge in [-0.05, 0) is 24.6 Å². The Bertz CT molecular complexity index is 562. The average molecular weight is 254 g/mol. The van der Waals surface area contributed by atoms with Crippen LogP contribution >= 0.6 is 0 Å². The number of hydrogen-bond acceptors (Lipinski definition) is 4. The average Bonchev–Trinajstić information content (AvgIpc) is 2.39. The number of nitrogens with zero attached hydrogens (tertiary/aromatic N) is 2. The summed E-state index contributed by atoms with van der Waals surface area (Å²) >= 11 is 0. The fraction of sp³-hybridized carbons (Fsp3) is 0.214. The maximum Gasteiger partial charge on any atom is 0.217 e. The number of benzene rings is 1. The van der Waals surface area contributed by atoms with E-state index < -0.39 is 0 Å². The van der Waals surface area contributed by atoms with E-state index in [1.54, 1.807) is 12.1 Å². The number of amides is 1. The number of anilines is 1. The number of nitrogens with one attached hydrogen (secondary N) is 2. The van der Waals surface area contributed by atoms with Crippen molar-refractivity contribution in [2.75, 3.05) is 5.32 Å². The standard InChI is InChI=1S/C14H14N4O/c1-10(18-11(2)19)13-4-3-5-14(6-13)17-9-12(7-15)8-16/h3-6,9-10,17H,1-2H3,(H,18,19). The second kappa shape index (κ2) is 6.83. The number of carbonyl (C=O) groups is 1. The first-order valence-corrected chi connectivity index (χ1v) is 5.70. The smallest absolute Gasteiger partial charge is 0.217 e. The van der Waals surface area contributed by atoms with Crippen molar-refractivity contribution in [1.82, 2.24) is 5.32 Å². The van der Waals surface area contributed by atoms with E-state index >= 15 is 0 Å². The minimum Gasteiger partial charge on any atom is -0.360 e. The van der Waals surface area contributed by atoms with Gasteiger partial charge in [0.1, 0.15) is 17.7 Å². The fourth-order valence-electron chi connectivity index (χ4n) is 1.53. The van der Waals surface area contributed by atoms with Gasteiger partial charge in [0.25, 0.3) is 0 Å². The third-order valence-corrected chi connectivity index (χ3v) is 2.43. The van der Waals surface area contributed by atoms with E-state index in [9.17, 15) is 4.79 Å². The molecule has 0 saturated heterocycles. The van der Waals surface area contributed by atoms with E-state index in [1.807, 2.05) is 31.2 Å². The van der Waals surface area contributed by atoms with Gasteiger partial charge < -0.3 is 10.6 Å². The van der Waals surface area contributed by atoms with Crippen LogP contribution in [-0.4, -0.2) is 5.91 Å². The molecule has 0 spiro atoms. The van der Waals surface area contributed by atoms with Crippen molar-refractivity contribution in [3.05, 3.63) is 41.6 Å². The van der Waals surface area contributed by atoms with E-state index in [2.05, 4.69) is 10.6 Å². The lowest BCUT2D eigenvalue weighted by Crippen LogP contribution is -2.23. The summed E-state index contributed by atoms with van der Waals surface area (Å²) in [5.74, 6) is -0.0954. The third-order valence-electron chi connectivity index (χ3n) is 2.43. The molecule has 1 aromatic carbocycles. The molecule has 5 heteroatoms. The predicted molar refractivity (Wildman–Crippen MR) is 71.6 cm³/mol. The Balaban J connectivity index is 2.84. The Labute approximate surface area is 112 Å². The normalized spacial score (nSPS) is 10.5.